The highest BCUT2D eigenvalue weighted by Crippen LogP contribution is 2.31. The Kier molecular flexibility index (Phi) is 4.25. The number of ether oxygens (including phenoxy) is 1. The molecule has 2 rings (SSSR count). The van der Waals surface area contributed by atoms with Gasteiger partial charge in [-0.25, -0.2) is 9.97 Å². The summed E-state index contributed by atoms with van der Waals surface area (Å²) in [6.07, 6.45) is 3.41. The van der Waals surface area contributed by atoms with E-state index in [-0.39, 0.29) is 0 Å². The van der Waals surface area contributed by atoms with Crippen molar-refractivity contribution in [2.24, 2.45) is 0 Å². The lowest BCUT2D eigenvalue weighted by Gasteiger charge is -2.07. The molecule has 1 aromatic heterocycles. The third-order valence-electron chi connectivity index (χ3n) is 1.93. The van der Waals surface area contributed by atoms with Crippen molar-refractivity contribution in [1.29, 1.82) is 0 Å². The Labute approximate surface area is 117 Å². The average molecular weight is 332 g/mol. The highest BCUT2D eigenvalue weighted by Gasteiger charge is 2.05. The maximum atomic E-state index is 6.03. The number of aromatic nitrogens is 2. The van der Waals surface area contributed by atoms with Crippen LogP contribution in [0, 0.1) is 0 Å². The predicted octanol–water partition coefficient (Wildman–Crippen LogP) is 4.41. The molecule has 2 aromatic rings. The molecule has 1 aromatic carbocycles. The predicted molar refractivity (Wildman–Crippen MR) is 73.0 cm³/mol. The molecule has 17 heavy (non-hydrogen) atoms. The summed E-state index contributed by atoms with van der Waals surface area (Å²) < 4.78 is 6.51. The van der Waals surface area contributed by atoms with Gasteiger partial charge in [0.15, 0.2) is 0 Å². The van der Waals surface area contributed by atoms with Crippen LogP contribution in [0.1, 0.15) is 0 Å². The summed E-state index contributed by atoms with van der Waals surface area (Å²) in [4.78, 5) is 8.10. The largest absolute Gasteiger partial charge is 0.437 e. The minimum absolute atomic E-state index is 0.476. The van der Waals surface area contributed by atoms with Gasteiger partial charge in [0.05, 0.1) is 5.02 Å². The van der Waals surface area contributed by atoms with Gasteiger partial charge in [-0.3, -0.25) is 0 Å². The molecule has 0 bridgehead atoms. The molecule has 0 unspecified atom stereocenters. The van der Waals surface area contributed by atoms with Crippen LogP contribution in [-0.4, -0.2) is 16.2 Å². The first-order valence-corrected chi connectivity index (χ1v) is 7.07. The Hall–Kier alpha value is -0.780. The number of halogens is 2. The fraction of sp³-hybridized carbons (Fsp3) is 0.0909. The first-order chi connectivity index (χ1) is 8.19. The average Bonchev–Trinajstić information content (AvgIpc) is 2.34. The Morgan fingerprint density at radius 1 is 1.29 bits per heavy atom. The molecule has 0 atom stereocenters. The van der Waals surface area contributed by atoms with E-state index in [1.165, 1.54) is 18.1 Å². The quantitative estimate of drug-likeness (QED) is 0.616. The zero-order valence-corrected chi connectivity index (χ0v) is 12.0. The summed E-state index contributed by atoms with van der Waals surface area (Å²) in [5.41, 5.74) is 0. The molecule has 1 heterocycles. The van der Waals surface area contributed by atoms with E-state index >= 15 is 0 Å². The highest BCUT2D eigenvalue weighted by atomic mass is 79.9. The summed E-state index contributed by atoms with van der Waals surface area (Å²) in [5, 5.41) is 1.39. The number of thioether (sulfide) groups is 1. The van der Waals surface area contributed by atoms with Crippen LogP contribution in [0.15, 0.2) is 40.1 Å². The van der Waals surface area contributed by atoms with Crippen LogP contribution in [0.2, 0.25) is 5.02 Å². The van der Waals surface area contributed by atoms with Gasteiger partial charge in [-0.1, -0.05) is 27.5 Å². The molecule has 0 saturated heterocycles. The number of rotatable bonds is 3. The number of nitrogens with zero attached hydrogens (tertiary/aromatic N) is 2. The van der Waals surface area contributed by atoms with E-state index in [2.05, 4.69) is 25.9 Å². The summed E-state index contributed by atoms with van der Waals surface area (Å²) in [7, 11) is 0. The lowest BCUT2D eigenvalue weighted by molar-refractivity contribution is 0.459. The van der Waals surface area contributed by atoms with Crippen LogP contribution >= 0.6 is 39.3 Å². The molecular formula is C11H8BrClN2OS. The SMILES string of the molecule is CSc1cc(Oc2cc(Br)ccc2Cl)ncn1. The fourth-order valence-corrected chi connectivity index (χ4v) is 2.03. The Morgan fingerprint density at radius 3 is 2.88 bits per heavy atom. The van der Waals surface area contributed by atoms with E-state index in [0.717, 1.165) is 9.50 Å². The zero-order valence-electron chi connectivity index (χ0n) is 8.85. The minimum atomic E-state index is 0.476. The highest BCUT2D eigenvalue weighted by molar-refractivity contribution is 9.10. The smallest absolute Gasteiger partial charge is 0.223 e. The van der Waals surface area contributed by atoms with Gasteiger partial charge in [-0.05, 0) is 24.5 Å². The molecule has 0 amide bonds. The second kappa shape index (κ2) is 5.71. The molecule has 0 aliphatic heterocycles. The third kappa shape index (κ3) is 3.34. The Balaban J connectivity index is 2.27. The molecule has 0 aliphatic carbocycles. The van der Waals surface area contributed by atoms with Gasteiger partial charge in [-0.15, -0.1) is 11.8 Å². The number of hydrogen-bond donors (Lipinski definition) is 0. The molecule has 0 fully saturated rings. The fourth-order valence-electron chi connectivity index (χ4n) is 1.16. The van der Waals surface area contributed by atoms with E-state index < -0.39 is 0 Å². The second-order valence-electron chi connectivity index (χ2n) is 3.08. The normalized spacial score (nSPS) is 10.3. The van der Waals surface area contributed by atoms with Crippen molar-refractivity contribution >= 4 is 39.3 Å². The van der Waals surface area contributed by atoms with Crippen LogP contribution in [0.25, 0.3) is 0 Å². The molecule has 6 heteroatoms. The molecular weight excluding hydrogens is 324 g/mol. The Morgan fingerprint density at radius 2 is 2.12 bits per heavy atom. The summed E-state index contributed by atoms with van der Waals surface area (Å²) in [6.45, 7) is 0. The van der Waals surface area contributed by atoms with Crippen molar-refractivity contribution in [1.82, 2.24) is 9.97 Å². The standard InChI is InChI=1S/C11H8BrClN2OS/c1-17-11-5-10(14-6-15-11)16-9-4-7(12)2-3-8(9)13/h2-6H,1H3. The molecule has 0 aliphatic rings. The van der Waals surface area contributed by atoms with Crippen LogP contribution in [0.4, 0.5) is 0 Å². The maximum Gasteiger partial charge on any atom is 0.223 e. The molecule has 0 N–H and O–H groups in total. The van der Waals surface area contributed by atoms with Crippen molar-refractivity contribution in [3.8, 4) is 11.6 Å². The zero-order chi connectivity index (χ0) is 12.3. The molecule has 0 saturated carbocycles. The summed E-state index contributed by atoms with van der Waals surface area (Å²) >= 11 is 10.9. The lowest BCUT2D eigenvalue weighted by Crippen LogP contribution is -1.90. The molecule has 0 radical (unpaired) electrons. The minimum Gasteiger partial charge on any atom is -0.437 e. The van der Waals surface area contributed by atoms with E-state index in [4.69, 9.17) is 16.3 Å². The number of benzene rings is 1. The van der Waals surface area contributed by atoms with Crippen LogP contribution in [-0.2, 0) is 0 Å². The molecule has 3 nitrogen and oxygen atoms in total. The number of hydrogen-bond acceptors (Lipinski definition) is 4. The van der Waals surface area contributed by atoms with Crippen LogP contribution in [0.5, 0.6) is 11.6 Å². The van der Waals surface area contributed by atoms with E-state index in [1.807, 2.05) is 12.3 Å². The third-order valence-corrected chi connectivity index (χ3v) is 3.38. The first kappa shape index (κ1) is 12.7. The van der Waals surface area contributed by atoms with E-state index in [0.29, 0.717) is 16.7 Å². The van der Waals surface area contributed by atoms with Gasteiger partial charge in [0.2, 0.25) is 5.88 Å². The van der Waals surface area contributed by atoms with Crippen molar-refractivity contribution in [2.45, 2.75) is 5.03 Å². The van der Waals surface area contributed by atoms with Gasteiger partial charge in [0.1, 0.15) is 17.1 Å². The molecule has 88 valence electrons. The first-order valence-electron chi connectivity index (χ1n) is 4.68. The van der Waals surface area contributed by atoms with Crippen molar-refractivity contribution in [2.75, 3.05) is 6.26 Å². The van der Waals surface area contributed by atoms with Gasteiger partial charge < -0.3 is 4.74 Å². The molecule has 0 spiro atoms. The van der Waals surface area contributed by atoms with Crippen LogP contribution < -0.4 is 4.74 Å². The van der Waals surface area contributed by atoms with Crippen LogP contribution in [0.3, 0.4) is 0 Å². The van der Waals surface area contributed by atoms with Crippen molar-refractivity contribution in [3.63, 3.8) is 0 Å². The second-order valence-corrected chi connectivity index (χ2v) is 5.22. The van der Waals surface area contributed by atoms with Gasteiger partial charge >= 0.3 is 0 Å². The summed E-state index contributed by atoms with van der Waals surface area (Å²) in [6, 6.07) is 7.17. The van der Waals surface area contributed by atoms with E-state index in [1.54, 1.807) is 18.2 Å². The van der Waals surface area contributed by atoms with Gasteiger partial charge in [0, 0.05) is 10.5 Å². The van der Waals surface area contributed by atoms with Crippen molar-refractivity contribution < 1.29 is 4.74 Å². The van der Waals surface area contributed by atoms with Gasteiger partial charge in [0.25, 0.3) is 0 Å². The van der Waals surface area contributed by atoms with Gasteiger partial charge in [-0.2, -0.15) is 0 Å². The van der Waals surface area contributed by atoms with Crippen molar-refractivity contribution in [3.05, 3.63) is 40.1 Å². The maximum absolute atomic E-state index is 6.03. The Bertz CT molecular complexity index is 539. The topological polar surface area (TPSA) is 35.0 Å². The summed E-state index contributed by atoms with van der Waals surface area (Å²) in [5.74, 6) is 1.04. The monoisotopic (exact) mass is 330 g/mol. The lowest BCUT2D eigenvalue weighted by atomic mass is 10.3. The van der Waals surface area contributed by atoms with E-state index in [9.17, 15) is 0 Å².